The molecule has 0 spiro atoms. The molecule has 0 nitrogen and oxygen atoms in total. The molecule has 0 aliphatic carbocycles. The van der Waals surface area contributed by atoms with Gasteiger partial charge in [-0.1, -0.05) is 12.3 Å². The Kier molecular flexibility index (Phi) is 3.97. The first-order valence-electron chi connectivity index (χ1n) is 2.40. The number of rotatable bonds is 1. The molecule has 0 N–H and O–H groups in total. The van der Waals surface area contributed by atoms with E-state index in [1.165, 1.54) is 0 Å². The molecule has 0 saturated carbocycles. The summed E-state index contributed by atoms with van der Waals surface area (Å²) in [6, 6.07) is 3.06. The summed E-state index contributed by atoms with van der Waals surface area (Å²) in [7, 11) is 0. The predicted molar refractivity (Wildman–Crippen MR) is 37.9 cm³/mol. The van der Waals surface area contributed by atoms with Crippen LogP contribution < -0.4 is 18.9 Å². The van der Waals surface area contributed by atoms with Gasteiger partial charge in [-0.15, -0.1) is 5.38 Å². The van der Waals surface area contributed by atoms with Crippen LogP contribution in [0.3, 0.4) is 0 Å². The average molecular weight is 130 g/mol. The van der Waals surface area contributed by atoms with Gasteiger partial charge in [-0.25, -0.2) is 11.3 Å². The Morgan fingerprint density at radius 2 is 2.44 bits per heavy atom. The second kappa shape index (κ2) is 3.95. The molecule has 9 heavy (non-hydrogen) atoms. The maximum Gasteiger partial charge on any atom is 1.00 e. The smallest absolute Gasteiger partial charge is 0.234 e. The van der Waals surface area contributed by atoms with E-state index in [1.807, 2.05) is 17.7 Å². The van der Waals surface area contributed by atoms with Crippen LogP contribution in [0.4, 0.5) is 0 Å². The molecule has 0 radical (unpaired) electrons. The molecule has 0 aliphatic heterocycles. The van der Waals surface area contributed by atoms with E-state index >= 15 is 0 Å². The molecule has 42 valence electrons. The van der Waals surface area contributed by atoms with Crippen molar-refractivity contribution in [2.24, 2.45) is 0 Å². The van der Waals surface area contributed by atoms with Crippen LogP contribution in [0.1, 0.15) is 12.5 Å². The van der Waals surface area contributed by atoms with Crippen molar-refractivity contribution in [1.29, 1.82) is 0 Å². The zero-order valence-corrected chi connectivity index (χ0v) is 6.59. The van der Waals surface area contributed by atoms with E-state index in [2.05, 4.69) is 12.6 Å². The summed E-state index contributed by atoms with van der Waals surface area (Å²) < 4.78 is 0. The van der Waals surface area contributed by atoms with Crippen LogP contribution in [0.5, 0.6) is 0 Å². The van der Waals surface area contributed by atoms with Crippen LogP contribution in [0.25, 0.3) is 5.57 Å². The molecule has 0 amide bonds. The summed E-state index contributed by atoms with van der Waals surface area (Å²) >= 11 is 1.65. The Morgan fingerprint density at radius 3 is 2.67 bits per heavy atom. The van der Waals surface area contributed by atoms with Gasteiger partial charge in [-0.2, -0.15) is 23.8 Å². The van der Waals surface area contributed by atoms with Gasteiger partial charge in [0.2, 0.25) is 0 Å². The first-order valence-corrected chi connectivity index (χ1v) is 3.35. The van der Waals surface area contributed by atoms with Gasteiger partial charge in [-0.3, -0.25) is 0 Å². The summed E-state index contributed by atoms with van der Waals surface area (Å²) in [6.07, 6.45) is 0. The van der Waals surface area contributed by atoms with Crippen molar-refractivity contribution in [2.45, 2.75) is 6.92 Å². The first-order chi connectivity index (χ1) is 3.80. The fourth-order valence-electron chi connectivity index (χ4n) is 0.457. The molecular weight excluding hydrogens is 123 g/mol. The van der Waals surface area contributed by atoms with Crippen molar-refractivity contribution in [3.63, 3.8) is 0 Å². The molecule has 1 aromatic rings. The van der Waals surface area contributed by atoms with Gasteiger partial charge >= 0.3 is 18.9 Å². The van der Waals surface area contributed by atoms with Crippen molar-refractivity contribution >= 4 is 16.9 Å². The van der Waals surface area contributed by atoms with Crippen LogP contribution in [0, 0.1) is 6.07 Å². The Balaban J connectivity index is 0.000000640. The fraction of sp³-hybridized carbons (Fsp3) is 0.143. The molecule has 0 atom stereocenters. The van der Waals surface area contributed by atoms with Crippen LogP contribution in [0.2, 0.25) is 0 Å². The number of allylic oxidation sites excluding steroid dienone is 1. The van der Waals surface area contributed by atoms with Gasteiger partial charge in [0.25, 0.3) is 0 Å². The van der Waals surface area contributed by atoms with E-state index in [0.29, 0.717) is 0 Å². The van der Waals surface area contributed by atoms with Gasteiger partial charge in [0.05, 0.1) is 0 Å². The maximum atomic E-state index is 3.77. The monoisotopic (exact) mass is 130 g/mol. The van der Waals surface area contributed by atoms with Crippen molar-refractivity contribution < 1.29 is 18.9 Å². The van der Waals surface area contributed by atoms with Crippen LogP contribution in [0.15, 0.2) is 17.3 Å². The van der Waals surface area contributed by atoms with E-state index in [9.17, 15) is 0 Å². The van der Waals surface area contributed by atoms with Crippen molar-refractivity contribution in [3.05, 3.63) is 29.0 Å². The summed E-state index contributed by atoms with van der Waals surface area (Å²) in [6.45, 7) is 5.76. The van der Waals surface area contributed by atoms with E-state index in [4.69, 9.17) is 0 Å². The first kappa shape index (κ1) is 9.04. The molecule has 1 aromatic heterocycles. The molecular formula is C7H7LiS. The molecule has 2 heteroatoms. The zero-order chi connectivity index (χ0) is 5.98. The van der Waals surface area contributed by atoms with Gasteiger partial charge < -0.3 is 0 Å². The SMILES string of the molecule is C=C(C)c1[c-]csc1.[Li+]. The normalized spacial score (nSPS) is 8.11. The Morgan fingerprint density at radius 1 is 1.78 bits per heavy atom. The summed E-state index contributed by atoms with van der Waals surface area (Å²) in [5.74, 6) is 0. The van der Waals surface area contributed by atoms with Crippen LogP contribution >= 0.6 is 11.3 Å². The van der Waals surface area contributed by atoms with Crippen molar-refractivity contribution in [2.75, 3.05) is 0 Å². The van der Waals surface area contributed by atoms with Crippen molar-refractivity contribution in [3.8, 4) is 0 Å². The van der Waals surface area contributed by atoms with Gasteiger partial charge in [0, 0.05) is 0 Å². The zero-order valence-electron chi connectivity index (χ0n) is 5.77. The Labute approximate surface area is 71.8 Å². The van der Waals surface area contributed by atoms with E-state index in [1.54, 1.807) is 11.3 Å². The summed E-state index contributed by atoms with van der Waals surface area (Å²) in [4.78, 5) is 0. The van der Waals surface area contributed by atoms with Crippen LogP contribution in [-0.4, -0.2) is 0 Å². The third-order valence-corrected chi connectivity index (χ3v) is 1.55. The summed E-state index contributed by atoms with van der Waals surface area (Å²) in [5.41, 5.74) is 2.22. The summed E-state index contributed by atoms with van der Waals surface area (Å²) in [5, 5.41) is 3.98. The largest absolute Gasteiger partial charge is 1.00 e. The molecule has 0 aliphatic rings. The predicted octanol–water partition coefficient (Wildman–Crippen LogP) is -0.415. The number of hydrogen-bond acceptors (Lipinski definition) is 1. The standard InChI is InChI=1S/C7H7S.Li/c1-6(2)7-3-4-8-5-7;/h4-5H,1H2,2H3;/q-1;+1. The topological polar surface area (TPSA) is 0 Å². The molecule has 0 fully saturated rings. The fourth-order valence-corrected chi connectivity index (χ4v) is 1.13. The molecule has 0 unspecified atom stereocenters. The number of thiophene rings is 1. The molecule has 1 rings (SSSR count). The quantitative estimate of drug-likeness (QED) is 0.358. The van der Waals surface area contributed by atoms with Gasteiger partial charge in [0.15, 0.2) is 0 Å². The maximum absolute atomic E-state index is 3.77. The van der Waals surface area contributed by atoms with E-state index in [-0.39, 0.29) is 18.9 Å². The number of hydrogen-bond donors (Lipinski definition) is 0. The molecule has 0 bridgehead atoms. The van der Waals surface area contributed by atoms with Crippen molar-refractivity contribution in [1.82, 2.24) is 0 Å². The minimum Gasteiger partial charge on any atom is -0.234 e. The van der Waals surface area contributed by atoms with Crippen LogP contribution in [-0.2, 0) is 0 Å². The Bertz CT molecular complexity index is 177. The second-order valence-corrected chi connectivity index (χ2v) is 2.45. The molecule has 1 heterocycles. The second-order valence-electron chi connectivity index (χ2n) is 1.71. The minimum absolute atomic E-state index is 0. The molecule has 0 aromatic carbocycles. The minimum atomic E-state index is 0. The van der Waals surface area contributed by atoms with Gasteiger partial charge in [0.1, 0.15) is 0 Å². The third-order valence-electron chi connectivity index (χ3n) is 0.928. The van der Waals surface area contributed by atoms with Gasteiger partial charge in [-0.05, 0) is 0 Å². The van der Waals surface area contributed by atoms with E-state index in [0.717, 1.165) is 11.1 Å². The van der Waals surface area contributed by atoms with E-state index < -0.39 is 0 Å². The Hall–Kier alpha value is 0.0374. The third kappa shape index (κ3) is 2.40. The molecule has 0 saturated heterocycles. The average Bonchev–Trinajstić information content (AvgIpc) is 2.12.